The highest BCUT2D eigenvalue weighted by molar-refractivity contribution is 9.10. The zero-order valence-electron chi connectivity index (χ0n) is 12.0. The summed E-state index contributed by atoms with van der Waals surface area (Å²) in [6.45, 7) is 10.5. The number of nitrogens with zero attached hydrogens (tertiary/aromatic N) is 1. The van der Waals surface area contributed by atoms with Gasteiger partial charge in [-0.3, -0.25) is 0 Å². The molecule has 1 heterocycles. The summed E-state index contributed by atoms with van der Waals surface area (Å²) in [7, 11) is 0. The molecular formula is C15H21Br2NO. The predicted octanol–water partition coefficient (Wildman–Crippen LogP) is 4.74. The van der Waals surface area contributed by atoms with Gasteiger partial charge in [-0.1, -0.05) is 31.9 Å². The number of anilines is 1. The van der Waals surface area contributed by atoms with Crippen LogP contribution in [0.2, 0.25) is 0 Å². The zero-order valence-corrected chi connectivity index (χ0v) is 15.1. The fraction of sp³-hybridized carbons (Fsp3) is 0.600. The molecule has 1 fully saturated rings. The van der Waals surface area contributed by atoms with Gasteiger partial charge in [0.15, 0.2) is 0 Å². The number of benzene rings is 1. The Labute approximate surface area is 132 Å². The summed E-state index contributed by atoms with van der Waals surface area (Å²) in [5, 5.41) is 0.861. The van der Waals surface area contributed by atoms with E-state index in [2.05, 4.69) is 82.7 Å². The number of alkyl halides is 1. The lowest BCUT2D eigenvalue weighted by molar-refractivity contribution is -0.133. The Kier molecular flexibility index (Phi) is 4.34. The van der Waals surface area contributed by atoms with Crippen LogP contribution in [0.3, 0.4) is 0 Å². The van der Waals surface area contributed by atoms with E-state index in [1.807, 2.05) is 0 Å². The van der Waals surface area contributed by atoms with E-state index in [0.29, 0.717) is 0 Å². The fourth-order valence-electron chi connectivity index (χ4n) is 2.93. The number of morpholine rings is 1. The number of rotatable bonds is 2. The monoisotopic (exact) mass is 389 g/mol. The van der Waals surface area contributed by atoms with Crippen LogP contribution in [0.25, 0.3) is 0 Å². The number of halogens is 2. The highest BCUT2D eigenvalue weighted by Crippen LogP contribution is 2.34. The molecule has 4 heteroatoms. The van der Waals surface area contributed by atoms with Gasteiger partial charge in [0.2, 0.25) is 0 Å². The van der Waals surface area contributed by atoms with E-state index in [0.717, 1.165) is 22.9 Å². The molecular weight excluding hydrogens is 370 g/mol. The average molecular weight is 391 g/mol. The molecule has 2 nitrogen and oxygen atoms in total. The molecule has 0 atom stereocenters. The van der Waals surface area contributed by atoms with Crippen molar-refractivity contribution in [3.63, 3.8) is 0 Å². The quantitative estimate of drug-likeness (QED) is 0.676. The van der Waals surface area contributed by atoms with E-state index in [4.69, 9.17) is 4.74 Å². The fourth-order valence-corrected chi connectivity index (χ4v) is 3.79. The first-order valence-corrected chi connectivity index (χ1v) is 8.43. The highest BCUT2D eigenvalue weighted by atomic mass is 79.9. The van der Waals surface area contributed by atoms with Crippen LogP contribution in [0.5, 0.6) is 0 Å². The molecule has 2 rings (SSSR count). The molecule has 1 aromatic carbocycles. The van der Waals surface area contributed by atoms with Crippen molar-refractivity contribution in [2.24, 2.45) is 0 Å². The van der Waals surface area contributed by atoms with Gasteiger partial charge in [-0.2, -0.15) is 0 Å². The first-order chi connectivity index (χ1) is 8.72. The molecule has 1 saturated heterocycles. The summed E-state index contributed by atoms with van der Waals surface area (Å²) in [6.07, 6.45) is 0. The molecule has 19 heavy (non-hydrogen) atoms. The molecule has 0 radical (unpaired) electrons. The Hall–Kier alpha value is -0.0600. The van der Waals surface area contributed by atoms with E-state index >= 15 is 0 Å². The first-order valence-electron chi connectivity index (χ1n) is 6.52. The molecule has 0 aromatic heterocycles. The van der Waals surface area contributed by atoms with Crippen LogP contribution in [-0.4, -0.2) is 24.3 Å². The summed E-state index contributed by atoms with van der Waals surface area (Å²) >= 11 is 7.13. The molecule has 0 unspecified atom stereocenters. The molecule has 0 spiro atoms. The molecule has 0 aliphatic carbocycles. The van der Waals surface area contributed by atoms with Gasteiger partial charge in [-0.15, -0.1) is 0 Å². The van der Waals surface area contributed by atoms with Gasteiger partial charge < -0.3 is 9.64 Å². The molecule has 1 aliphatic rings. The Balaban J connectivity index is 2.35. The van der Waals surface area contributed by atoms with Gasteiger partial charge in [-0.05, 0) is 51.5 Å². The lowest BCUT2D eigenvalue weighted by atomic mass is 9.97. The summed E-state index contributed by atoms with van der Waals surface area (Å²) < 4.78 is 7.27. The maximum atomic E-state index is 6.15. The van der Waals surface area contributed by atoms with Crippen LogP contribution < -0.4 is 4.90 Å². The van der Waals surface area contributed by atoms with Gasteiger partial charge in [-0.25, -0.2) is 0 Å². The second-order valence-electron chi connectivity index (χ2n) is 6.38. The number of hydrogen-bond acceptors (Lipinski definition) is 2. The van der Waals surface area contributed by atoms with E-state index in [1.165, 1.54) is 11.3 Å². The van der Waals surface area contributed by atoms with E-state index in [-0.39, 0.29) is 11.2 Å². The molecule has 0 amide bonds. The molecule has 106 valence electrons. The lowest BCUT2D eigenvalue weighted by Gasteiger charge is -2.48. The first kappa shape index (κ1) is 15.3. The van der Waals surface area contributed by atoms with Crippen LogP contribution in [0.4, 0.5) is 5.69 Å². The Morgan fingerprint density at radius 1 is 1.16 bits per heavy atom. The van der Waals surface area contributed by atoms with E-state index in [9.17, 15) is 0 Å². The van der Waals surface area contributed by atoms with E-state index < -0.39 is 0 Å². The molecule has 0 saturated carbocycles. The maximum absolute atomic E-state index is 6.15. The summed E-state index contributed by atoms with van der Waals surface area (Å²) in [5.41, 5.74) is 2.35. The normalized spacial score (nSPS) is 21.5. The second-order valence-corrected chi connectivity index (χ2v) is 7.86. The minimum atomic E-state index is -0.127. The Morgan fingerprint density at radius 2 is 1.74 bits per heavy atom. The van der Waals surface area contributed by atoms with Gasteiger partial charge >= 0.3 is 0 Å². The van der Waals surface area contributed by atoms with Crippen molar-refractivity contribution in [2.45, 2.75) is 44.2 Å². The summed E-state index contributed by atoms with van der Waals surface area (Å²) in [5.74, 6) is 0. The second kappa shape index (κ2) is 5.38. The van der Waals surface area contributed by atoms with Crippen LogP contribution in [0, 0.1) is 0 Å². The highest BCUT2D eigenvalue weighted by Gasteiger charge is 2.38. The third-order valence-corrected chi connectivity index (χ3v) is 4.32. The van der Waals surface area contributed by atoms with Gasteiger partial charge in [0.25, 0.3) is 0 Å². The molecule has 0 bridgehead atoms. The van der Waals surface area contributed by atoms with Crippen LogP contribution >= 0.6 is 31.9 Å². The third kappa shape index (κ3) is 3.73. The molecule has 1 aliphatic heterocycles. The minimum Gasteiger partial charge on any atom is -0.366 e. The van der Waals surface area contributed by atoms with Crippen molar-refractivity contribution >= 4 is 37.5 Å². The third-order valence-electron chi connectivity index (χ3n) is 3.22. The zero-order chi connectivity index (χ0) is 14.3. The van der Waals surface area contributed by atoms with Crippen molar-refractivity contribution in [1.29, 1.82) is 0 Å². The van der Waals surface area contributed by atoms with Gasteiger partial charge in [0.1, 0.15) is 0 Å². The average Bonchev–Trinajstić information content (AvgIpc) is 2.24. The van der Waals surface area contributed by atoms with Crippen LogP contribution in [0.15, 0.2) is 22.7 Å². The topological polar surface area (TPSA) is 12.5 Å². The van der Waals surface area contributed by atoms with E-state index in [1.54, 1.807) is 0 Å². The molecule has 1 aromatic rings. The number of ether oxygens (including phenoxy) is 1. The van der Waals surface area contributed by atoms with Crippen LogP contribution in [0.1, 0.15) is 33.3 Å². The SMILES string of the molecule is CC1(C)CN(c2ccc(Br)cc2CBr)CC(C)(C)O1. The lowest BCUT2D eigenvalue weighted by Crippen LogP contribution is -2.57. The van der Waals surface area contributed by atoms with Crippen molar-refractivity contribution in [2.75, 3.05) is 18.0 Å². The van der Waals surface area contributed by atoms with Crippen molar-refractivity contribution < 1.29 is 4.74 Å². The van der Waals surface area contributed by atoms with Gasteiger partial charge in [0.05, 0.1) is 11.2 Å². The Morgan fingerprint density at radius 3 is 2.26 bits per heavy atom. The van der Waals surface area contributed by atoms with Crippen molar-refractivity contribution in [1.82, 2.24) is 0 Å². The maximum Gasteiger partial charge on any atom is 0.0808 e. The van der Waals surface area contributed by atoms with Gasteiger partial charge in [0, 0.05) is 28.6 Å². The summed E-state index contributed by atoms with van der Waals surface area (Å²) in [4.78, 5) is 2.44. The Bertz CT molecular complexity index is 455. The smallest absolute Gasteiger partial charge is 0.0808 e. The predicted molar refractivity (Wildman–Crippen MR) is 88.2 cm³/mol. The van der Waals surface area contributed by atoms with Crippen molar-refractivity contribution in [3.8, 4) is 0 Å². The molecule has 0 N–H and O–H groups in total. The standard InChI is InChI=1S/C15H21Br2NO/c1-14(2)9-18(10-15(3,4)19-14)13-6-5-12(17)7-11(13)8-16/h5-7H,8-10H2,1-4H3. The number of hydrogen-bond donors (Lipinski definition) is 0. The minimum absolute atomic E-state index is 0.127. The van der Waals surface area contributed by atoms with Crippen LogP contribution in [-0.2, 0) is 10.1 Å². The largest absolute Gasteiger partial charge is 0.366 e. The summed E-state index contributed by atoms with van der Waals surface area (Å²) in [6, 6.07) is 6.48. The van der Waals surface area contributed by atoms with Crippen molar-refractivity contribution in [3.05, 3.63) is 28.2 Å².